The van der Waals surface area contributed by atoms with Gasteiger partial charge in [-0.05, 0) is 56.2 Å². The summed E-state index contributed by atoms with van der Waals surface area (Å²) in [5, 5.41) is 0. The van der Waals surface area contributed by atoms with Crippen LogP contribution in [0.1, 0.15) is 39.5 Å². The van der Waals surface area contributed by atoms with Gasteiger partial charge in [0, 0.05) is 24.3 Å². The van der Waals surface area contributed by atoms with E-state index in [1.165, 1.54) is 24.9 Å². The Kier molecular flexibility index (Phi) is 5.92. The number of hydrogen-bond acceptors (Lipinski definition) is 3. The average Bonchev–Trinajstić information content (AvgIpc) is 2.47. The number of benzene rings is 1. The summed E-state index contributed by atoms with van der Waals surface area (Å²) in [6, 6.07) is 9.07. The fourth-order valence-electron chi connectivity index (χ4n) is 3.73. The first-order valence-electron chi connectivity index (χ1n) is 8.24. The summed E-state index contributed by atoms with van der Waals surface area (Å²) < 4.78 is 5.39. The number of ether oxygens (including phenoxy) is 1. The SMILES string of the molecule is COc1cccc(N(CCCN)C2CC(C)CC(C)C2)c1. The highest BCUT2D eigenvalue weighted by atomic mass is 16.5. The molecule has 0 aromatic heterocycles. The molecule has 2 unspecified atom stereocenters. The summed E-state index contributed by atoms with van der Waals surface area (Å²) in [5.41, 5.74) is 7.02. The molecule has 1 aromatic carbocycles. The largest absolute Gasteiger partial charge is 0.497 e. The minimum absolute atomic E-state index is 0.627. The Hall–Kier alpha value is -1.22. The Labute approximate surface area is 129 Å². The van der Waals surface area contributed by atoms with Crippen molar-refractivity contribution in [2.24, 2.45) is 17.6 Å². The molecule has 0 radical (unpaired) electrons. The van der Waals surface area contributed by atoms with Crippen LogP contribution in [-0.4, -0.2) is 26.2 Å². The summed E-state index contributed by atoms with van der Waals surface area (Å²) in [6.07, 6.45) is 4.97. The molecule has 2 atom stereocenters. The molecule has 3 heteroatoms. The fourth-order valence-corrected chi connectivity index (χ4v) is 3.73. The molecule has 0 aliphatic heterocycles. The number of hydrogen-bond donors (Lipinski definition) is 1. The van der Waals surface area contributed by atoms with Gasteiger partial charge in [0.05, 0.1) is 7.11 Å². The third-order valence-electron chi connectivity index (χ3n) is 4.58. The van der Waals surface area contributed by atoms with Crippen molar-refractivity contribution < 1.29 is 4.74 Å². The van der Waals surface area contributed by atoms with Crippen molar-refractivity contribution in [3.05, 3.63) is 24.3 Å². The number of nitrogens with two attached hydrogens (primary N) is 1. The molecule has 1 aliphatic carbocycles. The molecule has 21 heavy (non-hydrogen) atoms. The van der Waals surface area contributed by atoms with E-state index in [0.717, 1.165) is 37.1 Å². The molecule has 0 bridgehead atoms. The standard InChI is InChI=1S/C18H30N2O/c1-14-10-15(2)12-17(11-14)20(9-5-8-19)16-6-4-7-18(13-16)21-3/h4,6-7,13-15,17H,5,8-12,19H2,1-3H3. The van der Waals surface area contributed by atoms with E-state index < -0.39 is 0 Å². The number of rotatable bonds is 6. The summed E-state index contributed by atoms with van der Waals surface area (Å²) >= 11 is 0. The van der Waals surface area contributed by atoms with Crippen molar-refractivity contribution in [2.45, 2.75) is 45.6 Å². The molecule has 0 heterocycles. The minimum Gasteiger partial charge on any atom is -0.497 e. The molecule has 1 aliphatic rings. The van der Waals surface area contributed by atoms with E-state index in [2.05, 4.69) is 36.9 Å². The first-order chi connectivity index (χ1) is 10.1. The van der Waals surface area contributed by atoms with E-state index in [1.54, 1.807) is 7.11 Å². The normalized spacial score (nSPS) is 25.6. The van der Waals surface area contributed by atoms with Gasteiger partial charge < -0.3 is 15.4 Å². The summed E-state index contributed by atoms with van der Waals surface area (Å²) in [4.78, 5) is 2.56. The van der Waals surface area contributed by atoms with Gasteiger partial charge >= 0.3 is 0 Å². The van der Waals surface area contributed by atoms with Crippen molar-refractivity contribution in [3.63, 3.8) is 0 Å². The van der Waals surface area contributed by atoms with Crippen molar-refractivity contribution in [1.29, 1.82) is 0 Å². The van der Waals surface area contributed by atoms with E-state index >= 15 is 0 Å². The number of anilines is 1. The highest BCUT2D eigenvalue weighted by molar-refractivity contribution is 5.51. The molecule has 0 saturated heterocycles. The molecule has 118 valence electrons. The van der Waals surface area contributed by atoms with Gasteiger partial charge in [-0.1, -0.05) is 19.9 Å². The minimum atomic E-state index is 0.627. The lowest BCUT2D eigenvalue weighted by atomic mass is 9.79. The lowest BCUT2D eigenvalue weighted by molar-refractivity contribution is 0.259. The molecule has 1 fully saturated rings. The second-order valence-electron chi connectivity index (χ2n) is 6.61. The quantitative estimate of drug-likeness (QED) is 0.868. The maximum absolute atomic E-state index is 5.74. The number of methoxy groups -OCH3 is 1. The third kappa shape index (κ3) is 4.37. The van der Waals surface area contributed by atoms with Crippen LogP contribution in [-0.2, 0) is 0 Å². The van der Waals surface area contributed by atoms with Gasteiger partial charge in [0.15, 0.2) is 0 Å². The highest BCUT2D eigenvalue weighted by Crippen LogP contribution is 2.34. The van der Waals surface area contributed by atoms with Crippen molar-refractivity contribution in [3.8, 4) is 5.75 Å². The Morgan fingerprint density at radius 1 is 1.19 bits per heavy atom. The lowest BCUT2D eigenvalue weighted by Gasteiger charge is -2.40. The van der Waals surface area contributed by atoms with Crippen LogP contribution in [0.15, 0.2) is 24.3 Å². The van der Waals surface area contributed by atoms with Crippen LogP contribution in [0.2, 0.25) is 0 Å². The lowest BCUT2D eigenvalue weighted by Crippen LogP contribution is -2.41. The second-order valence-corrected chi connectivity index (χ2v) is 6.61. The zero-order valence-corrected chi connectivity index (χ0v) is 13.7. The monoisotopic (exact) mass is 290 g/mol. The van der Waals surface area contributed by atoms with Gasteiger partial charge in [-0.3, -0.25) is 0 Å². The van der Waals surface area contributed by atoms with Crippen LogP contribution >= 0.6 is 0 Å². The Bertz CT molecular complexity index is 425. The average molecular weight is 290 g/mol. The van der Waals surface area contributed by atoms with Crippen LogP contribution in [0.25, 0.3) is 0 Å². The Balaban J connectivity index is 2.20. The van der Waals surface area contributed by atoms with Gasteiger partial charge in [-0.15, -0.1) is 0 Å². The van der Waals surface area contributed by atoms with Crippen LogP contribution < -0.4 is 15.4 Å². The van der Waals surface area contributed by atoms with Gasteiger partial charge in [-0.25, -0.2) is 0 Å². The molecular formula is C18H30N2O. The Morgan fingerprint density at radius 3 is 2.52 bits per heavy atom. The first kappa shape index (κ1) is 16.2. The van der Waals surface area contributed by atoms with Gasteiger partial charge in [0.2, 0.25) is 0 Å². The molecule has 3 nitrogen and oxygen atoms in total. The summed E-state index contributed by atoms with van der Waals surface area (Å²) in [5.74, 6) is 2.55. The van der Waals surface area contributed by atoms with E-state index in [9.17, 15) is 0 Å². The van der Waals surface area contributed by atoms with E-state index in [-0.39, 0.29) is 0 Å². The van der Waals surface area contributed by atoms with Crippen molar-refractivity contribution in [2.75, 3.05) is 25.1 Å². The molecule has 2 rings (SSSR count). The van der Waals surface area contributed by atoms with E-state index in [0.29, 0.717) is 6.04 Å². The molecule has 0 spiro atoms. The number of nitrogens with zero attached hydrogens (tertiary/aromatic N) is 1. The van der Waals surface area contributed by atoms with Crippen molar-refractivity contribution >= 4 is 5.69 Å². The zero-order valence-electron chi connectivity index (χ0n) is 13.7. The van der Waals surface area contributed by atoms with Crippen LogP contribution in [0.5, 0.6) is 5.75 Å². The van der Waals surface area contributed by atoms with Crippen molar-refractivity contribution in [1.82, 2.24) is 0 Å². The summed E-state index contributed by atoms with van der Waals surface area (Å²) in [7, 11) is 1.73. The zero-order chi connectivity index (χ0) is 15.2. The maximum Gasteiger partial charge on any atom is 0.120 e. The van der Waals surface area contributed by atoms with Gasteiger partial charge in [-0.2, -0.15) is 0 Å². The molecule has 1 aromatic rings. The maximum atomic E-state index is 5.74. The first-order valence-corrected chi connectivity index (χ1v) is 8.24. The Morgan fingerprint density at radius 2 is 1.90 bits per heavy atom. The summed E-state index contributed by atoms with van der Waals surface area (Å²) in [6.45, 7) is 6.55. The molecule has 1 saturated carbocycles. The second kappa shape index (κ2) is 7.69. The third-order valence-corrected chi connectivity index (χ3v) is 4.58. The van der Waals surface area contributed by atoms with Gasteiger partial charge in [0.1, 0.15) is 5.75 Å². The highest BCUT2D eigenvalue weighted by Gasteiger charge is 2.28. The topological polar surface area (TPSA) is 38.5 Å². The van der Waals surface area contributed by atoms with Crippen LogP contribution in [0.3, 0.4) is 0 Å². The van der Waals surface area contributed by atoms with Crippen LogP contribution in [0.4, 0.5) is 5.69 Å². The van der Waals surface area contributed by atoms with Gasteiger partial charge in [0.25, 0.3) is 0 Å². The molecule has 2 N–H and O–H groups in total. The fraction of sp³-hybridized carbons (Fsp3) is 0.667. The van der Waals surface area contributed by atoms with Crippen LogP contribution in [0, 0.1) is 11.8 Å². The molecule has 0 amide bonds. The van der Waals surface area contributed by atoms with E-state index in [1.807, 2.05) is 6.07 Å². The molecular weight excluding hydrogens is 260 g/mol. The predicted molar refractivity (Wildman–Crippen MR) is 90.0 cm³/mol. The van der Waals surface area contributed by atoms with E-state index in [4.69, 9.17) is 10.5 Å². The smallest absolute Gasteiger partial charge is 0.120 e. The predicted octanol–water partition coefficient (Wildman–Crippen LogP) is 3.68.